The number of halogens is 1. The van der Waals surface area contributed by atoms with E-state index in [4.69, 9.17) is 16.3 Å². The summed E-state index contributed by atoms with van der Waals surface area (Å²) in [6.07, 6.45) is 3.87. The number of ether oxygens (including phenoxy) is 1. The van der Waals surface area contributed by atoms with E-state index < -0.39 is 33.9 Å². The highest BCUT2D eigenvalue weighted by atomic mass is 35.5. The molecular formula is C23H25ClN2O5S. The van der Waals surface area contributed by atoms with E-state index in [0.29, 0.717) is 36.6 Å². The summed E-state index contributed by atoms with van der Waals surface area (Å²) in [7, 11) is -3.59. The third kappa shape index (κ3) is 4.53. The number of esters is 1. The van der Waals surface area contributed by atoms with Gasteiger partial charge in [0.1, 0.15) is 0 Å². The molecule has 1 heterocycles. The minimum atomic E-state index is -3.59. The zero-order valence-electron chi connectivity index (χ0n) is 17.6. The van der Waals surface area contributed by atoms with Gasteiger partial charge in [0, 0.05) is 23.8 Å². The Labute approximate surface area is 192 Å². The fourth-order valence-corrected chi connectivity index (χ4v) is 5.96. The largest absolute Gasteiger partial charge is 0.455 e. The lowest BCUT2D eigenvalue weighted by atomic mass is 9.64. The average Bonchev–Trinajstić information content (AvgIpc) is 3.28. The van der Waals surface area contributed by atoms with Gasteiger partial charge in [0.15, 0.2) is 6.61 Å². The minimum absolute atomic E-state index is 0.128. The van der Waals surface area contributed by atoms with Gasteiger partial charge >= 0.3 is 5.97 Å². The van der Waals surface area contributed by atoms with Gasteiger partial charge < -0.3 is 10.1 Å². The first-order chi connectivity index (χ1) is 15.3. The molecule has 2 aliphatic rings. The second-order valence-electron chi connectivity index (χ2n) is 8.21. The summed E-state index contributed by atoms with van der Waals surface area (Å²) >= 11 is 6.08. The topological polar surface area (TPSA) is 92.8 Å². The van der Waals surface area contributed by atoms with Crippen molar-refractivity contribution in [3.63, 3.8) is 0 Å². The van der Waals surface area contributed by atoms with Crippen LogP contribution in [-0.2, 0) is 29.8 Å². The summed E-state index contributed by atoms with van der Waals surface area (Å²) in [4.78, 5) is 25.3. The SMILES string of the molecule is O=C(COC(=O)C1(c2cccc(Cl)c2)CCC1)Nc1cccc(S(=O)(=O)N2CCCC2)c1. The number of hydrogen-bond acceptors (Lipinski definition) is 5. The molecule has 0 unspecified atom stereocenters. The maximum Gasteiger partial charge on any atom is 0.317 e. The molecule has 2 aromatic rings. The molecule has 2 fully saturated rings. The summed E-state index contributed by atoms with van der Waals surface area (Å²) in [6, 6.07) is 13.2. The maximum atomic E-state index is 12.8. The van der Waals surface area contributed by atoms with E-state index >= 15 is 0 Å². The van der Waals surface area contributed by atoms with Crippen molar-refractivity contribution in [2.75, 3.05) is 25.0 Å². The molecule has 170 valence electrons. The fraction of sp³-hybridized carbons (Fsp3) is 0.391. The van der Waals surface area contributed by atoms with Gasteiger partial charge in [-0.25, -0.2) is 8.42 Å². The zero-order valence-corrected chi connectivity index (χ0v) is 19.1. The van der Waals surface area contributed by atoms with Gasteiger partial charge in [-0.1, -0.05) is 36.2 Å². The van der Waals surface area contributed by atoms with Gasteiger partial charge in [0.05, 0.1) is 10.3 Å². The van der Waals surface area contributed by atoms with Gasteiger partial charge in [-0.2, -0.15) is 4.31 Å². The number of rotatable bonds is 7. The molecular weight excluding hydrogens is 452 g/mol. The molecule has 1 saturated carbocycles. The van der Waals surface area contributed by atoms with Crippen LogP contribution < -0.4 is 5.32 Å². The lowest BCUT2D eigenvalue weighted by molar-refractivity contribution is -0.156. The Balaban J connectivity index is 1.39. The molecule has 0 radical (unpaired) electrons. The molecule has 1 aliphatic heterocycles. The van der Waals surface area contributed by atoms with Gasteiger partial charge in [-0.3, -0.25) is 9.59 Å². The number of amides is 1. The van der Waals surface area contributed by atoms with Crippen LogP contribution in [0.2, 0.25) is 5.02 Å². The highest BCUT2D eigenvalue weighted by molar-refractivity contribution is 7.89. The predicted molar refractivity (Wildman–Crippen MR) is 121 cm³/mol. The summed E-state index contributed by atoms with van der Waals surface area (Å²) in [5.41, 5.74) is 0.357. The molecule has 1 aliphatic carbocycles. The van der Waals surface area contributed by atoms with E-state index in [9.17, 15) is 18.0 Å². The van der Waals surface area contributed by atoms with Crippen LogP contribution in [0.4, 0.5) is 5.69 Å². The number of sulfonamides is 1. The number of hydrogen-bond donors (Lipinski definition) is 1. The van der Waals surface area contributed by atoms with E-state index in [1.54, 1.807) is 30.3 Å². The second kappa shape index (κ2) is 9.21. The number of carbonyl (C=O) groups is 2. The van der Waals surface area contributed by atoms with E-state index in [1.165, 1.54) is 16.4 Å². The third-order valence-electron chi connectivity index (χ3n) is 6.13. The number of nitrogens with zero attached hydrogens (tertiary/aromatic N) is 1. The summed E-state index contributed by atoms with van der Waals surface area (Å²) in [5.74, 6) is -0.985. The second-order valence-corrected chi connectivity index (χ2v) is 10.6. The Morgan fingerprint density at radius 1 is 1.03 bits per heavy atom. The van der Waals surface area contributed by atoms with Crippen LogP contribution in [0.25, 0.3) is 0 Å². The molecule has 1 amide bonds. The maximum absolute atomic E-state index is 12.8. The van der Waals surface area contributed by atoms with Crippen LogP contribution in [-0.4, -0.2) is 44.3 Å². The van der Waals surface area contributed by atoms with E-state index in [1.807, 2.05) is 6.07 Å². The summed E-state index contributed by atoms with van der Waals surface area (Å²) < 4.78 is 32.2. The quantitative estimate of drug-likeness (QED) is 0.614. The van der Waals surface area contributed by atoms with Gasteiger partial charge in [0.2, 0.25) is 10.0 Å². The van der Waals surface area contributed by atoms with Gasteiger partial charge in [-0.15, -0.1) is 0 Å². The van der Waals surface area contributed by atoms with Gasteiger partial charge in [0.25, 0.3) is 5.91 Å². The molecule has 2 aromatic carbocycles. The van der Waals surface area contributed by atoms with Crippen molar-refractivity contribution in [2.45, 2.75) is 42.4 Å². The van der Waals surface area contributed by atoms with Crippen molar-refractivity contribution in [3.8, 4) is 0 Å². The molecule has 0 aromatic heterocycles. The molecule has 32 heavy (non-hydrogen) atoms. The number of carbonyl (C=O) groups excluding carboxylic acids is 2. The van der Waals surface area contributed by atoms with Crippen molar-refractivity contribution < 1.29 is 22.7 Å². The van der Waals surface area contributed by atoms with Crippen molar-refractivity contribution in [1.29, 1.82) is 0 Å². The van der Waals surface area contributed by atoms with Gasteiger partial charge in [-0.05, 0) is 61.6 Å². The van der Waals surface area contributed by atoms with E-state index in [2.05, 4.69) is 5.32 Å². The Kier molecular flexibility index (Phi) is 6.55. The predicted octanol–water partition coefficient (Wildman–Crippen LogP) is 3.73. The Morgan fingerprint density at radius 3 is 2.41 bits per heavy atom. The summed E-state index contributed by atoms with van der Waals surface area (Å²) in [5, 5.41) is 3.16. The molecule has 9 heteroatoms. The average molecular weight is 477 g/mol. The summed E-state index contributed by atoms with van der Waals surface area (Å²) in [6.45, 7) is 0.552. The van der Waals surface area contributed by atoms with Crippen LogP contribution >= 0.6 is 11.6 Å². The van der Waals surface area contributed by atoms with Crippen LogP contribution in [0.15, 0.2) is 53.4 Å². The Hall–Kier alpha value is -2.42. The van der Waals surface area contributed by atoms with E-state index in [0.717, 1.165) is 24.8 Å². The standard InChI is InChI=1S/C23H25ClN2O5S/c24-18-7-3-6-17(14-18)23(10-5-11-23)22(28)31-16-21(27)25-19-8-4-9-20(15-19)32(29,30)26-12-1-2-13-26/h3-4,6-9,14-15H,1-2,5,10-13,16H2,(H,25,27). The number of nitrogens with one attached hydrogen (secondary N) is 1. The first-order valence-corrected chi connectivity index (χ1v) is 12.5. The normalized spacial score (nSPS) is 18.0. The fourth-order valence-electron chi connectivity index (χ4n) is 4.21. The highest BCUT2D eigenvalue weighted by Crippen LogP contribution is 2.45. The van der Waals surface area contributed by atoms with Crippen molar-refractivity contribution in [2.24, 2.45) is 0 Å². The molecule has 0 spiro atoms. The number of anilines is 1. The monoisotopic (exact) mass is 476 g/mol. The third-order valence-corrected chi connectivity index (χ3v) is 8.26. The Morgan fingerprint density at radius 2 is 1.75 bits per heavy atom. The molecule has 0 bridgehead atoms. The lowest BCUT2D eigenvalue weighted by Crippen LogP contribution is -2.44. The smallest absolute Gasteiger partial charge is 0.317 e. The molecule has 1 saturated heterocycles. The first-order valence-electron chi connectivity index (χ1n) is 10.6. The lowest BCUT2D eigenvalue weighted by Gasteiger charge is -2.39. The van der Waals surface area contributed by atoms with Crippen molar-refractivity contribution >= 4 is 39.2 Å². The number of benzene rings is 2. The van der Waals surface area contributed by atoms with Crippen molar-refractivity contribution in [3.05, 3.63) is 59.1 Å². The minimum Gasteiger partial charge on any atom is -0.455 e. The van der Waals surface area contributed by atoms with Crippen LogP contribution in [0.5, 0.6) is 0 Å². The van der Waals surface area contributed by atoms with E-state index in [-0.39, 0.29) is 4.90 Å². The van der Waals surface area contributed by atoms with Crippen LogP contribution in [0.3, 0.4) is 0 Å². The van der Waals surface area contributed by atoms with Crippen LogP contribution in [0, 0.1) is 0 Å². The molecule has 4 rings (SSSR count). The molecule has 0 atom stereocenters. The first kappa shape index (κ1) is 22.8. The van der Waals surface area contributed by atoms with Crippen molar-refractivity contribution in [1.82, 2.24) is 4.31 Å². The zero-order chi connectivity index (χ0) is 22.8. The van der Waals surface area contributed by atoms with Crippen LogP contribution in [0.1, 0.15) is 37.7 Å². The molecule has 1 N–H and O–H groups in total. The highest BCUT2D eigenvalue weighted by Gasteiger charge is 2.47. The Bertz CT molecular complexity index is 1120. The molecule has 7 nitrogen and oxygen atoms in total.